The quantitative estimate of drug-likeness (QED) is 0.164. The summed E-state index contributed by atoms with van der Waals surface area (Å²) in [5.41, 5.74) is 8.99. The van der Waals surface area contributed by atoms with Crippen molar-refractivity contribution in [2.24, 2.45) is 11.8 Å². The van der Waals surface area contributed by atoms with Crippen molar-refractivity contribution >= 4 is 33.2 Å². The van der Waals surface area contributed by atoms with Crippen LogP contribution in [0.4, 0.5) is 11.4 Å². The third kappa shape index (κ3) is 5.36. The number of nitrogens with zero attached hydrogens (tertiary/aromatic N) is 5. The molecule has 1 atom stereocenters. The van der Waals surface area contributed by atoms with E-state index in [9.17, 15) is 0 Å². The molecule has 0 saturated heterocycles. The smallest absolute Gasteiger partial charge is 0.505 e. The van der Waals surface area contributed by atoms with Crippen molar-refractivity contribution in [3.8, 4) is 5.69 Å². The predicted octanol–water partition coefficient (Wildman–Crippen LogP) is 10.6. The van der Waals surface area contributed by atoms with Crippen LogP contribution in [0.25, 0.3) is 27.5 Å². The SMILES string of the molecule is CC1CCC(N2C=CN(c3[c-]c(C4(C)c5[c-]c(N6C=CN(C7CCC(C)CC7)[CH-]6)ccc5-n5c6ccccc6c6cccc4c65)ccc3)[CH-]2)CC1.[Pt+4]. The van der Waals surface area contributed by atoms with Gasteiger partial charge in [0.15, 0.2) is 0 Å². The Balaban J connectivity index is 0.00000360. The molecule has 1 aromatic heterocycles. The zero-order valence-corrected chi connectivity index (χ0v) is 32.7. The van der Waals surface area contributed by atoms with Gasteiger partial charge < -0.3 is 24.2 Å². The molecule has 4 aromatic carbocycles. The van der Waals surface area contributed by atoms with Crippen LogP contribution in [0, 0.1) is 37.3 Å². The maximum atomic E-state index is 4.04. The molecular weight excluding hydrogens is 818 g/mol. The molecular formula is C46H47N5Pt. The summed E-state index contributed by atoms with van der Waals surface area (Å²) in [5.74, 6) is 1.68. The number of hydrogen-bond donors (Lipinski definition) is 0. The Morgan fingerprint density at radius 2 is 1.21 bits per heavy atom. The van der Waals surface area contributed by atoms with Crippen molar-refractivity contribution in [1.82, 2.24) is 14.4 Å². The third-order valence-electron chi connectivity index (χ3n) is 12.9. The van der Waals surface area contributed by atoms with Gasteiger partial charge in [0.2, 0.25) is 0 Å². The zero-order chi connectivity index (χ0) is 34.3. The number of benzene rings is 4. The van der Waals surface area contributed by atoms with E-state index in [0.717, 1.165) is 28.8 Å². The molecule has 5 nitrogen and oxygen atoms in total. The van der Waals surface area contributed by atoms with Crippen molar-refractivity contribution in [3.05, 3.63) is 140 Å². The van der Waals surface area contributed by atoms with Crippen molar-refractivity contribution < 1.29 is 21.1 Å². The Kier molecular flexibility index (Phi) is 8.57. The van der Waals surface area contributed by atoms with Crippen LogP contribution in [-0.4, -0.2) is 26.5 Å². The molecule has 0 bridgehead atoms. The van der Waals surface area contributed by atoms with Crippen LogP contribution in [0.5, 0.6) is 0 Å². The van der Waals surface area contributed by atoms with Crippen LogP contribution >= 0.6 is 0 Å². The van der Waals surface area contributed by atoms with E-state index in [-0.39, 0.29) is 21.1 Å². The Bertz CT molecular complexity index is 2180. The zero-order valence-electron chi connectivity index (χ0n) is 30.4. The molecule has 5 aliphatic rings. The monoisotopic (exact) mass is 864 g/mol. The number of fused-ring (bicyclic) bond motifs is 5. The molecule has 5 aromatic rings. The number of aromatic nitrogens is 1. The second-order valence-electron chi connectivity index (χ2n) is 16.1. The Labute approximate surface area is 323 Å². The van der Waals surface area contributed by atoms with Crippen LogP contribution in [0.15, 0.2) is 97.6 Å². The van der Waals surface area contributed by atoms with Crippen LogP contribution in [0.1, 0.15) is 88.8 Å². The van der Waals surface area contributed by atoms with Gasteiger partial charge in [0.25, 0.3) is 0 Å². The normalized spacial score (nSPS) is 26.8. The first-order valence-corrected chi connectivity index (χ1v) is 19.3. The van der Waals surface area contributed by atoms with E-state index in [1.807, 2.05) is 0 Å². The van der Waals surface area contributed by atoms with Gasteiger partial charge in [0, 0.05) is 39.3 Å². The minimum Gasteiger partial charge on any atom is -0.505 e. The fourth-order valence-electron chi connectivity index (χ4n) is 9.72. The molecule has 0 spiro atoms. The number of hydrogen-bond acceptors (Lipinski definition) is 4. The maximum Gasteiger partial charge on any atom is 4.00 e. The average Bonchev–Trinajstić information content (AvgIpc) is 3.94. The van der Waals surface area contributed by atoms with Crippen molar-refractivity contribution in [3.63, 3.8) is 0 Å². The summed E-state index contributed by atoms with van der Waals surface area (Å²) in [5, 5.41) is 2.58. The van der Waals surface area contributed by atoms with Crippen molar-refractivity contribution in [1.29, 1.82) is 0 Å². The average molecular weight is 865 g/mol. The molecule has 52 heavy (non-hydrogen) atoms. The topological polar surface area (TPSA) is 17.9 Å². The molecule has 4 heterocycles. The molecule has 0 amide bonds. The first kappa shape index (κ1) is 33.9. The largest absolute Gasteiger partial charge is 4.00 e. The molecule has 0 N–H and O–H groups in total. The number of para-hydroxylation sites is 2. The maximum absolute atomic E-state index is 4.04. The molecule has 2 aliphatic carbocycles. The van der Waals surface area contributed by atoms with E-state index >= 15 is 0 Å². The standard InChI is InChI=1S/C46H47N5.Pt/c1-32-14-18-35(19-15-32)47-24-26-49(30-47)37-9-6-8-34(28-37)46(3)41-12-7-11-40-39-10-4-5-13-43(39)51(45(40)41)44-23-22-38(29-42(44)46)50-27-25-48(31-50)36-20-16-33(2)17-21-36;/h4-13,22-27,30-33,35-36H,14-21H2,1-3H3;/q-4;+4. The van der Waals surface area contributed by atoms with E-state index in [0.29, 0.717) is 12.1 Å². The van der Waals surface area contributed by atoms with Gasteiger partial charge >= 0.3 is 21.1 Å². The van der Waals surface area contributed by atoms with Gasteiger partial charge in [-0.05, 0) is 99.6 Å². The second kappa shape index (κ2) is 13.2. The van der Waals surface area contributed by atoms with Gasteiger partial charge in [0.1, 0.15) is 0 Å². The van der Waals surface area contributed by atoms with Gasteiger partial charge in [-0.2, -0.15) is 43.7 Å². The fourth-order valence-corrected chi connectivity index (χ4v) is 9.72. The summed E-state index contributed by atoms with van der Waals surface area (Å²) in [6, 6.07) is 36.2. The minimum atomic E-state index is -0.490. The van der Waals surface area contributed by atoms with Gasteiger partial charge in [-0.25, -0.2) is 0 Å². The summed E-state index contributed by atoms with van der Waals surface area (Å²) >= 11 is 0. The predicted molar refractivity (Wildman–Crippen MR) is 209 cm³/mol. The van der Waals surface area contributed by atoms with E-state index < -0.39 is 5.41 Å². The minimum absolute atomic E-state index is 0. The molecule has 10 rings (SSSR count). The Morgan fingerprint density at radius 3 is 1.88 bits per heavy atom. The third-order valence-corrected chi connectivity index (χ3v) is 12.9. The molecule has 3 aliphatic heterocycles. The van der Waals surface area contributed by atoms with Crippen LogP contribution < -0.4 is 9.80 Å². The van der Waals surface area contributed by atoms with Crippen molar-refractivity contribution in [2.45, 2.75) is 89.6 Å². The fraction of sp³-hybridized carbons (Fsp3) is 0.348. The number of rotatable bonds is 5. The molecule has 0 radical (unpaired) electrons. The van der Waals surface area contributed by atoms with Gasteiger partial charge in [0.05, 0.1) is 0 Å². The summed E-state index contributed by atoms with van der Waals surface area (Å²) in [6.45, 7) is 11.8. The van der Waals surface area contributed by atoms with Gasteiger partial charge in [-0.1, -0.05) is 62.9 Å². The second-order valence-corrected chi connectivity index (χ2v) is 16.1. The first-order valence-electron chi connectivity index (χ1n) is 19.3. The Morgan fingerprint density at radius 1 is 0.615 bits per heavy atom. The molecule has 6 heteroatoms. The molecule has 2 fully saturated rings. The number of anilines is 2. The van der Waals surface area contributed by atoms with Crippen LogP contribution in [-0.2, 0) is 26.5 Å². The van der Waals surface area contributed by atoms with E-state index in [1.165, 1.54) is 90.0 Å². The first-order chi connectivity index (χ1) is 25.0. The summed E-state index contributed by atoms with van der Waals surface area (Å²) in [7, 11) is 0. The summed E-state index contributed by atoms with van der Waals surface area (Å²) < 4.78 is 2.49. The van der Waals surface area contributed by atoms with E-state index in [1.54, 1.807) is 0 Å². The van der Waals surface area contributed by atoms with E-state index in [2.05, 4.69) is 168 Å². The van der Waals surface area contributed by atoms with E-state index in [4.69, 9.17) is 0 Å². The van der Waals surface area contributed by atoms with Crippen molar-refractivity contribution in [2.75, 3.05) is 9.80 Å². The Hall–Kier alpha value is -3.95. The molecule has 1 unspecified atom stereocenters. The molecule has 2 saturated carbocycles. The summed E-state index contributed by atoms with van der Waals surface area (Å²) in [6.07, 6.45) is 19.2. The van der Waals surface area contributed by atoms with Gasteiger partial charge in [-0.3, -0.25) is 0 Å². The molecule has 266 valence electrons. The van der Waals surface area contributed by atoms with Gasteiger partial charge in [-0.15, -0.1) is 34.6 Å². The van der Waals surface area contributed by atoms with Crippen LogP contribution in [0.2, 0.25) is 0 Å². The summed E-state index contributed by atoms with van der Waals surface area (Å²) in [4.78, 5) is 9.40. The van der Waals surface area contributed by atoms with Crippen LogP contribution in [0.3, 0.4) is 0 Å².